The summed E-state index contributed by atoms with van der Waals surface area (Å²) in [5.41, 5.74) is -1.01. The molecule has 1 aliphatic carbocycles. The second-order valence-corrected chi connectivity index (χ2v) is 5.92. The molecule has 0 N–H and O–H groups in total. The van der Waals surface area contributed by atoms with Crippen molar-refractivity contribution < 1.29 is 19.1 Å². The second kappa shape index (κ2) is 6.21. The minimum atomic E-state index is -1.01. The van der Waals surface area contributed by atoms with E-state index in [2.05, 4.69) is 0 Å². The van der Waals surface area contributed by atoms with E-state index in [0.29, 0.717) is 26.1 Å². The lowest BCUT2D eigenvalue weighted by atomic mass is 9.69. The number of rotatable bonds is 6. The SMILES string of the molecule is CC(C)COC(=O)C1(C(=O)OCC(C)C)CCC1. The predicted octanol–water partition coefficient (Wildman–Crippen LogP) is 2.56. The van der Waals surface area contributed by atoms with Crippen molar-refractivity contribution in [3.8, 4) is 0 Å². The molecule has 104 valence electrons. The summed E-state index contributed by atoms with van der Waals surface area (Å²) in [6.45, 7) is 8.60. The summed E-state index contributed by atoms with van der Waals surface area (Å²) in [6, 6.07) is 0. The van der Waals surface area contributed by atoms with E-state index in [0.717, 1.165) is 6.42 Å². The maximum Gasteiger partial charge on any atom is 0.323 e. The van der Waals surface area contributed by atoms with Crippen LogP contribution in [0.2, 0.25) is 0 Å². The minimum absolute atomic E-state index is 0.276. The fourth-order valence-corrected chi connectivity index (χ4v) is 1.78. The Hall–Kier alpha value is -1.06. The lowest BCUT2D eigenvalue weighted by Crippen LogP contribution is -2.47. The molecule has 0 aromatic rings. The zero-order chi connectivity index (χ0) is 13.8. The summed E-state index contributed by atoms with van der Waals surface area (Å²) >= 11 is 0. The molecule has 0 aromatic carbocycles. The molecule has 4 heteroatoms. The summed E-state index contributed by atoms with van der Waals surface area (Å²) < 4.78 is 10.4. The Bertz CT molecular complexity index is 277. The van der Waals surface area contributed by atoms with Gasteiger partial charge in [-0.2, -0.15) is 0 Å². The fraction of sp³-hybridized carbons (Fsp3) is 0.857. The number of hydrogen-bond donors (Lipinski definition) is 0. The number of ether oxygens (including phenoxy) is 2. The van der Waals surface area contributed by atoms with E-state index in [4.69, 9.17) is 9.47 Å². The second-order valence-electron chi connectivity index (χ2n) is 5.92. The molecule has 0 atom stereocenters. The summed E-state index contributed by atoms with van der Waals surface area (Å²) in [6.07, 6.45) is 2.00. The number of carbonyl (C=O) groups is 2. The third kappa shape index (κ3) is 3.47. The fourth-order valence-electron chi connectivity index (χ4n) is 1.78. The van der Waals surface area contributed by atoms with Crippen LogP contribution in [0, 0.1) is 17.3 Å². The molecule has 0 spiro atoms. The Morgan fingerprint density at radius 2 is 1.33 bits per heavy atom. The summed E-state index contributed by atoms with van der Waals surface area (Å²) in [5, 5.41) is 0. The van der Waals surface area contributed by atoms with Crippen LogP contribution < -0.4 is 0 Å². The third-order valence-corrected chi connectivity index (χ3v) is 3.08. The van der Waals surface area contributed by atoms with Crippen LogP contribution in [-0.2, 0) is 19.1 Å². The molecule has 1 fully saturated rings. The Morgan fingerprint density at radius 1 is 0.944 bits per heavy atom. The number of esters is 2. The maximum absolute atomic E-state index is 12.0. The van der Waals surface area contributed by atoms with Gasteiger partial charge in [0.1, 0.15) is 0 Å². The van der Waals surface area contributed by atoms with E-state index < -0.39 is 17.4 Å². The van der Waals surface area contributed by atoms with Crippen molar-refractivity contribution in [1.29, 1.82) is 0 Å². The van der Waals surface area contributed by atoms with Gasteiger partial charge in [0.2, 0.25) is 0 Å². The topological polar surface area (TPSA) is 52.6 Å². The molecule has 0 saturated heterocycles. The molecule has 0 unspecified atom stereocenters. The van der Waals surface area contributed by atoms with Crippen LogP contribution in [0.15, 0.2) is 0 Å². The summed E-state index contributed by atoms with van der Waals surface area (Å²) in [7, 11) is 0. The first-order chi connectivity index (χ1) is 8.38. The predicted molar refractivity (Wildman–Crippen MR) is 67.9 cm³/mol. The van der Waals surface area contributed by atoms with E-state index in [-0.39, 0.29) is 11.8 Å². The average molecular weight is 256 g/mol. The number of hydrogen-bond acceptors (Lipinski definition) is 4. The molecule has 4 nitrogen and oxygen atoms in total. The van der Waals surface area contributed by atoms with Crippen LogP contribution in [0.5, 0.6) is 0 Å². The molecule has 0 bridgehead atoms. The van der Waals surface area contributed by atoms with Crippen molar-refractivity contribution in [2.75, 3.05) is 13.2 Å². The van der Waals surface area contributed by atoms with E-state index in [1.165, 1.54) is 0 Å². The lowest BCUT2D eigenvalue weighted by molar-refractivity contribution is -0.180. The van der Waals surface area contributed by atoms with Crippen LogP contribution in [0.3, 0.4) is 0 Å². The first-order valence-corrected chi connectivity index (χ1v) is 6.73. The van der Waals surface area contributed by atoms with Crippen molar-refractivity contribution >= 4 is 11.9 Å². The molecule has 0 amide bonds. The molecular formula is C14H24O4. The number of carbonyl (C=O) groups excluding carboxylic acids is 2. The first-order valence-electron chi connectivity index (χ1n) is 6.73. The van der Waals surface area contributed by atoms with Crippen LogP contribution in [0.1, 0.15) is 47.0 Å². The Balaban J connectivity index is 2.56. The molecule has 0 aliphatic heterocycles. The smallest absolute Gasteiger partial charge is 0.323 e. The van der Waals surface area contributed by atoms with Gasteiger partial charge in [-0.3, -0.25) is 9.59 Å². The Labute approximate surface area is 109 Å². The van der Waals surface area contributed by atoms with E-state index in [1.807, 2.05) is 27.7 Å². The zero-order valence-electron chi connectivity index (χ0n) is 11.8. The highest BCUT2D eigenvalue weighted by Gasteiger charge is 2.53. The van der Waals surface area contributed by atoms with Crippen molar-refractivity contribution in [3.63, 3.8) is 0 Å². The monoisotopic (exact) mass is 256 g/mol. The molecule has 1 aliphatic rings. The molecule has 1 rings (SSSR count). The third-order valence-electron chi connectivity index (χ3n) is 3.08. The van der Waals surface area contributed by atoms with Gasteiger partial charge in [-0.1, -0.05) is 27.7 Å². The van der Waals surface area contributed by atoms with Gasteiger partial charge in [0.15, 0.2) is 5.41 Å². The molecule has 0 aromatic heterocycles. The summed E-state index contributed by atoms with van der Waals surface area (Å²) in [4.78, 5) is 24.0. The van der Waals surface area contributed by atoms with Crippen LogP contribution >= 0.6 is 0 Å². The Morgan fingerprint density at radius 3 is 1.56 bits per heavy atom. The maximum atomic E-state index is 12.0. The van der Waals surface area contributed by atoms with Crippen LogP contribution in [-0.4, -0.2) is 25.2 Å². The van der Waals surface area contributed by atoms with E-state index >= 15 is 0 Å². The molecule has 0 radical (unpaired) electrons. The van der Waals surface area contributed by atoms with Crippen molar-refractivity contribution in [3.05, 3.63) is 0 Å². The van der Waals surface area contributed by atoms with E-state index in [1.54, 1.807) is 0 Å². The standard InChI is InChI=1S/C14H24O4/c1-10(2)8-17-12(15)14(6-5-7-14)13(16)18-9-11(3)4/h10-11H,5-9H2,1-4H3. The summed E-state index contributed by atoms with van der Waals surface area (Å²) in [5.74, 6) is -0.261. The van der Waals surface area contributed by atoms with Crippen molar-refractivity contribution in [2.24, 2.45) is 17.3 Å². The van der Waals surface area contributed by atoms with Gasteiger partial charge in [-0.25, -0.2) is 0 Å². The molecular weight excluding hydrogens is 232 g/mol. The van der Waals surface area contributed by atoms with Gasteiger partial charge in [0.05, 0.1) is 13.2 Å². The zero-order valence-corrected chi connectivity index (χ0v) is 11.8. The van der Waals surface area contributed by atoms with Crippen molar-refractivity contribution in [1.82, 2.24) is 0 Å². The largest absolute Gasteiger partial charge is 0.465 e. The lowest BCUT2D eigenvalue weighted by Gasteiger charge is -2.36. The van der Waals surface area contributed by atoms with Gasteiger partial charge in [-0.15, -0.1) is 0 Å². The Kier molecular flexibility index (Phi) is 5.17. The van der Waals surface area contributed by atoms with Gasteiger partial charge in [0.25, 0.3) is 0 Å². The van der Waals surface area contributed by atoms with E-state index in [9.17, 15) is 9.59 Å². The average Bonchev–Trinajstić information content (AvgIpc) is 2.21. The molecule has 18 heavy (non-hydrogen) atoms. The van der Waals surface area contributed by atoms with Gasteiger partial charge < -0.3 is 9.47 Å². The van der Waals surface area contributed by atoms with Crippen molar-refractivity contribution in [2.45, 2.75) is 47.0 Å². The van der Waals surface area contributed by atoms with Gasteiger partial charge in [0, 0.05) is 0 Å². The minimum Gasteiger partial charge on any atom is -0.465 e. The first kappa shape index (κ1) is 15.0. The normalized spacial score (nSPS) is 17.4. The van der Waals surface area contributed by atoms with Crippen LogP contribution in [0.4, 0.5) is 0 Å². The van der Waals surface area contributed by atoms with Gasteiger partial charge in [-0.05, 0) is 31.1 Å². The van der Waals surface area contributed by atoms with Gasteiger partial charge >= 0.3 is 11.9 Å². The highest BCUT2D eigenvalue weighted by molar-refractivity contribution is 6.01. The van der Waals surface area contributed by atoms with Crippen LogP contribution in [0.25, 0.3) is 0 Å². The highest BCUT2D eigenvalue weighted by Crippen LogP contribution is 2.43. The molecule has 0 heterocycles. The highest BCUT2D eigenvalue weighted by atomic mass is 16.6. The quantitative estimate of drug-likeness (QED) is 0.541. The molecule has 1 saturated carbocycles.